The number of fused-ring (bicyclic) bond motifs is 1. The molecule has 1 heterocycles. The number of aliphatic hydroxyl groups is 1. The predicted molar refractivity (Wildman–Crippen MR) is 62.7 cm³/mol. The van der Waals surface area contributed by atoms with Crippen molar-refractivity contribution in [1.82, 2.24) is 4.90 Å². The highest BCUT2D eigenvalue weighted by Crippen LogP contribution is 2.30. The van der Waals surface area contributed by atoms with Crippen molar-refractivity contribution in [2.45, 2.75) is 25.8 Å². The third-order valence-electron chi connectivity index (χ3n) is 3.44. The van der Waals surface area contributed by atoms with Gasteiger partial charge in [-0.25, -0.2) is 0 Å². The molecule has 1 aliphatic heterocycles. The minimum absolute atomic E-state index is 0.227. The van der Waals surface area contributed by atoms with E-state index < -0.39 is 5.54 Å². The van der Waals surface area contributed by atoms with Gasteiger partial charge in [-0.1, -0.05) is 19.1 Å². The van der Waals surface area contributed by atoms with E-state index in [0.717, 1.165) is 0 Å². The molecule has 1 aromatic rings. The average molecular weight is 233 g/mol. The number of carbonyl (C=O) groups excluding carboxylic acids is 2. The maximum atomic E-state index is 12.2. The van der Waals surface area contributed by atoms with Crippen LogP contribution in [0.25, 0.3) is 0 Å². The van der Waals surface area contributed by atoms with E-state index in [1.165, 1.54) is 4.90 Å². The highest BCUT2D eigenvalue weighted by molar-refractivity contribution is 6.21. The Bertz CT molecular complexity index is 442. The first-order valence-corrected chi connectivity index (χ1v) is 5.64. The van der Waals surface area contributed by atoms with E-state index in [1.807, 2.05) is 6.92 Å². The smallest absolute Gasteiger partial charge is 0.262 e. The van der Waals surface area contributed by atoms with Gasteiger partial charge in [-0.15, -0.1) is 0 Å². The molecule has 1 aliphatic rings. The topological polar surface area (TPSA) is 57.6 Å². The molecular weight excluding hydrogens is 218 g/mol. The van der Waals surface area contributed by atoms with Gasteiger partial charge in [0.2, 0.25) is 0 Å². The fourth-order valence-electron chi connectivity index (χ4n) is 2.02. The lowest BCUT2D eigenvalue weighted by Crippen LogP contribution is -2.51. The van der Waals surface area contributed by atoms with Gasteiger partial charge < -0.3 is 5.11 Å². The second kappa shape index (κ2) is 3.96. The average Bonchev–Trinajstić information content (AvgIpc) is 2.62. The summed E-state index contributed by atoms with van der Waals surface area (Å²) < 4.78 is 0. The monoisotopic (exact) mass is 233 g/mol. The molecule has 0 spiro atoms. The first-order valence-electron chi connectivity index (χ1n) is 5.64. The van der Waals surface area contributed by atoms with Crippen molar-refractivity contribution in [3.05, 3.63) is 35.4 Å². The van der Waals surface area contributed by atoms with Crippen molar-refractivity contribution in [1.29, 1.82) is 0 Å². The minimum Gasteiger partial charge on any atom is -0.394 e. The van der Waals surface area contributed by atoms with Crippen LogP contribution in [0.15, 0.2) is 24.3 Å². The lowest BCUT2D eigenvalue weighted by atomic mass is 9.98. The summed E-state index contributed by atoms with van der Waals surface area (Å²) >= 11 is 0. The molecule has 2 amide bonds. The van der Waals surface area contributed by atoms with Crippen molar-refractivity contribution in [3.8, 4) is 0 Å². The highest BCUT2D eigenvalue weighted by atomic mass is 16.3. The number of imide groups is 1. The largest absolute Gasteiger partial charge is 0.394 e. The van der Waals surface area contributed by atoms with Gasteiger partial charge in [-0.05, 0) is 25.5 Å². The Hall–Kier alpha value is -1.68. The van der Waals surface area contributed by atoms with Crippen LogP contribution >= 0.6 is 0 Å². The molecule has 2 rings (SSSR count). The van der Waals surface area contributed by atoms with Crippen LogP contribution in [0.4, 0.5) is 0 Å². The molecule has 4 nitrogen and oxygen atoms in total. The molecule has 0 aromatic heterocycles. The summed E-state index contributed by atoms with van der Waals surface area (Å²) in [6.45, 7) is 3.34. The van der Waals surface area contributed by atoms with Gasteiger partial charge in [0.05, 0.1) is 23.3 Å². The SMILES string of the molecule is CCC(C)(CO)N1C(=O)c2ccccc2C1=O. The molecule has 90 valence electrons. The zero-order valence-corrected chi connectivity index (χ0v) is 9.93. The number of hydrogen-bond acceptors (Lipinski definition) is 3. The number of amides is 2. The molecule has 0 radical (unpaired) electrons. The van der Waals surface area contributed by atoms with Crippen LogP contribution < -0.4 is 0 Å². The van der Waals surface area contributed by atoms with E-state index in [0.29, 0.717) is 17.5 Å². The van der Waals surface area contributed by atoms with Gasteiger partial charge >= 0.3 is 0 Å². The van der Waals surface area contributed by atoms with E-state index in [9.17, 15) is 14.7 Å². The summed E-state index contributed by atoms with van der Waals surface area (Å²) in [5.41, 5.74) is 0.0175. The van der Waals surface area contributed by atoms with Crippen LogP contribution in [-0.4, -0.2) is 34.0 Å². The standard InChI is InChI=1S/C13H15NO3/c1-3-13(2,8-15)14-11(16)9-6-4-5-7-10(9)12(14)17/h4-7,15H,3,8H2,1-2H3. The van der Waals surface area contributed by atoms with Gasteiger partial charge in [0.15, 0.2) is 0 Å². The second-order valence-electron chi connectivity index (χ2n) is 4.50. The molecular formula is C13H15NO3. The molecule has 0 bridgehead atoms. The Morgan fingerprint density at radius 3 is 2.00 bits per heavy atom. The number of benzene rings is 1. The molecule has 4 heteroatoms. The highest BCUT2D eigenvalue weighted by Gasteiger charge is 2.44. The summed E-state index contributed by atoms with van der Waals surface area (Å²) in [5.74, 6) is -0.631. The molecule has 1 atom stereocenters. The Labute approximate surface area is 99.9 Å². The number of carbonyl (C=O) groups is 2. The molecule has 17 heavy (non-hydrogen) atoms. The third kappa shape index (κ3) is 1.56. The van der Waals surface area contributed by atoms with E-state index in [2.05, 4.69) is 0 Å². The molecule has 0 saturated heterocycles. The summed E-state index contributed by atoms with van der Waals surface area (Å²) in [4.78, 5) is 25.5. The van der Waals surface area contributed by atoms with Crippen LogP contribution in [0.1, 0.15) is 41.0 Å². The Balaban J connectivity index is 2.50. The van der Waals surface area contributed by atoms with Crippen LogP contribution in [0.5, 0.6) is 0 Å². The quantitative estimate of drug-likeness (QED) is 0.804. The van der Waals surface area contributed by atoms with Gasteiger partial charge in [-0.3, -0.25) is 14.5 Å². The van der Waals surface area contributed by atoms with E-state index in [4.69, 9.17) is 0 Å². The predicted octanol–water partition coefficient (Wildman–Crippen LogP) is 1.44. The maximum Gasteiger partial charge on any atom is 0.262 e. The zero-order valence-electron chi connectivity index (χ0n) is 9.93. The molecule has 0 saturated carbocycles. The van der Waals surface area contributed by atoms with Gasteiger partial charge in [0.1, 0.15) is 0 Å². The Kier molecular flexibility index (Phi) is 2.75. The van der Waals surface area contributed by atoms with Crippen molar-refractivity contribution < 1.29 is 14.7 Å². The fourth-order valence-corrected chi connectivity index (χ4v) is 2.02. The summed E-state index contributed by atoms with van der Waals surface area (Å²) in [5, 5.41) is 9.41. The number of aliphatic hydroxyl groups excluding tert-OH is 1. The first kappa shape index (κ1) is 11.8. The first-order chi connectivity index (χ1) is 8.05. The Morgan fingerprint density at radius 2 is 1.65 bits per heavy atom. The fraction of sp³-hybridized carbons (Fsp3) is 0.385. The maximum absolute atomic E-state index is 12.2. The lowest BCUT2D eigenvalue weighted by molar-refractivity contribution is 0.0292. The van der Waals surface area contributed by atoms with E-state index >= 15 is 0 Å². The third-order valence-corrected chi connectivity index (χ3v) is 3.44. The summed E-state index contributed by atoms with van der Waals surface area (Å²) in [6.07, 6.45) is 0.523. The van der Waals surface area contributed by atoms with Crippen molar-refractivity contribution >= 4 is 11.8 Å². The Morgan fingerprint density at radius 1 is 1.18 bits per heavy atom. The summed E-state index contributed by atoms with van der Waals surface area (Å²) in [7, 11) is 0. The van der Waals surface area contributed by atoms with Crippen LogP contribution in [0.3, 0.4) is 0 Å². The van der Waals surface area contributed by atoms with Gasteiger partial charge in [-0.2, -0.15) is 0 Å². The van der Waals surface area contributed by atoms with Crippen LogP contribution in [-0.2, 0) is 0 Å². The van der Waals surface area contributed by atoms with Crippen LogP contribution in [0, 0.1) is 0 Å². The molecule has 1 unspecified atom stereocenters. The normalized spacial score (nSPS) is 18.2. The second-order valence-corrected chi connectivity index (χ2v) is 4.50. The molecule has 0 aliphatic carbocycles. The number of rotatable bonds is 3. The minimum atomic E-state index is -0.826. The van der Waals surface area contributed by atoms with Crippen molar-refractivity contribution in [2.24, 2.45) is 0 Å². The van der Waals surface area contributed by atoms with Crippen molar-refractivity contribution in [3.63, 3.8) is 0 Å². The van der Waals surface area contributed by atoms with E-state index in [-0.39, 0.29) is 18.4 Å². The number of nitrogens with zero attached hydrogens (tertiary/aromatic N) is 1. The van der Waals surface area contributed by atoms with Gasteiger partial charge in [0.25, 0.3) is 11.8 Å². The molecule has 1 aromatic carbocycles. The number of hydrogen-bond donors (Lipinski definition) is 1. The van der Waals surface area contributed by atoms with Crippen molar-refractivity contribution in [2.75, 3.05) is 6.61 Å². The lowest BCUT2D eigenvalue weighted by Gasteiger charge is -2.34. The zero-order chi connectivity index (χ0) is 12.6. The molecule has 1 N–H and O–H groups in total. The summed E-state index contributed by atoms with van der Waals surface area (Å²) in [6, 6.07) is 6.75. The van der Waals surface area contributed by atoms with E-state index in [1.54, 1.807) is 31.2 Å². The van der Waals surface area contributed by atoms with Gasteiger partial charge in [0, 0.05) is 0 Å². The van der Waals surface area contributed by atoms with Crippen LogP contribution in [0.2, 0.25) is 0 Å². The molecule has 0 fully saturated rings.